The van der Waals surface area contributed by atoms with Gasteiger partial charge in [0.25, 0.3) is 0 Å². The first-order valence-corrected chi connectivity index (χ1v) is 19.0. The van der Waals surface area contributed by atoms with E-state index >= 15 is 0 Å². The molecule has 12 atom stereocenters. The van der Waals surface area contributed by atoms with Crippen molar-refractivity contribution in [2.24, 2.45) is 23.7 Å². The van der Waals surface area contributed by atoms with E-state index in [-0.39, 0.29) is 24.2 Å². The van der Waals surface area contributed by atoms with Crippen LogP contribution in [0.3, 0.4) is 0 Å². The second-order valence-electron chi connectivity index (χ2n) is 15.8. The van der Waals surface area contributed by atoms with E-state index in [4.69, 9.17) is 20.4 Å². The van der Waals surface area contributed by atoms with Gasteiger partial charge in [0.2, 0.25) is 0 Å². The van der Waals surface area contributed by atoms with Crippen LogP contribution >= 0.6 is 0 Å². The van der Waals surface area contributed by atoms with E-state index in [1.165, 1.54) is 103 Å². The van der Waals surface area contributed by atoms with E-state index in [1.54, 1.807) is 0 Å². The zero-order valence-corrected chi connectivity index (χ0v) is 28.5. The molecule has 48 heavy (non-hydrogen) atoms. The maximum absolute atomic E-state index is 10.7. The number of aliphatic carboxylic acids is 4. The highest BCUT2D eigenvalue weighted by Gasteiger charge is 2.40. The molecule has 12 heteroatoms. The van der Waals surface area contributed by atoms with E-state index in [1.807, 2.05) is 0 Å². The summed E-state index contributed by atoms with van der Waals surface area (Å²) in [5.41, 5.74) is 0. The highest BCUT2D eigenvalue weighted by molar-refractivity contribution is 5.75. The van der Waals surface area contributed by atoms with Crippen LogP contribution in [0.5, 0.6) is 0 Å². The van der Waals surface area contributed by atoms with Crippen LogP contribution in [0.2, 0.25) is 0 Å². The quantitative estimate of drug-likeness (QED) is 0.214. The predicted octanol–water partition coefficient (Wildman–Crippen LogP) is 3.97. The number of carboxylic acids is 4. The van der Waals surface area contributed by atoms with Crippen LogP contribution in [-0.2, 0) is 19.2 Å². The molecule has 0 radical (unpaired) electrons. The third kappa shape index (κ3) is 9.91. The molecule has 4 saturated heterocycles. The fraction of sp³-hybridized carbons (Fsp3) is 0.889. The first-order chi connectivity index (χ1) is 23.1. The number of hydrogen-bond acceptors (Lipinski definition) is 8. The van der Waals surface area contributed by atoms with Gasteiger partial charge in [-0.1, -0.05) is 51.4 Å². The lowest BCUT2D eigenvalue weighted by atomic mass is 9.85. The second-order valence-corrected chi connectivity index (χ2v) is 15.8. The maximum atomic E-state index is 10.7. The van der Waals surface area contributed by atoms with Crippen molar-refractivity contribution in [1.82, 2.24) is 21.3 Å². The Kier molecular flexibility index (Phi) is 13.6. The van der Waals surface area contributed by atoms with Crippen molar-refractivity contribution >= 4 is 23.9 Å². The van der Waals surface area contributed by atoms with E-state index in [2.05, 4.69) is 21.3 Å². The number of carbonyl (C=O) groups is 4. The Balaban J connectivity index is 0.000000125. The van der Waals surface area contributed by atoms with Gasteiger partial charge in [0.1, 0.15) is 24.2 Å². The molecule has 0 unspecified atom stereocenters. The zero-order valence-electron chi connectivity index (χ0n) is 28.5. The van der Waals surface area contributed by atoms with Crippen LogP contribution in [0.1, 0.15) is 128 Å². The van der Waals surface area contributed by atoms with Gasteiger partial charge in [-0.05, 0) is 101 Å². The van der Waals surface area contributed by atoms with Crippen LogP contribution < -0.4 is 21.3 Å². The number of nitrogens with one attached hydrogen (secondary N) is 4. The summed E-state index contributed by atoms with van der Waals surface area (Å²) in [5.74, 6) is -0.151. The minimum absolute atomic E-state index is 0.266. The van der Waals surface area contributed by atoms with Gasteiger partial charge in [0, 0.05) is 24.2 Å². The standard InChI is InChI=1S/4C9H15NO2/c4*11-9(12)8-5-6-3-1-2-4-7(6)10-8/h4*6-8,10H,1-5H2,(H,11,12)/t2*6-,7+,8+;2*6-,7+,8-/m1010/s1. The minimum Gasteiger partial charge on any atom is -0.480 e. The molecule has 4 heterocycles. The molecule has 0 bridgehead atoms. The Morgan fingerprint density at radius 1 is 0.333 bits per heavy atom. The van der Waals surface area contributed by atoms with Crippen molar-refractivity contribution in [2.45, 2.75) is 177 Å². The van der Waals surface area contributed by atoms with Crippen molar-refractivity contribution in [3.8, 4) is 0 Å². The number of hydrogen-bond donors (Lipinski definition) is 8. The molecule has 0 aromatic rings. The first-order valence-electron chi connectivity index (χ1n) is 19.0. The molecule has 272 valence electrons. The smallest absolute Gasteiger partial charge is 0.320 e. The Labute approximate surface area is 285 Å². The van der Waals surface area contributed by atoms with E-state index in [9.17, 15) is 19.2 Å². The summed E-state index contributed by atoms with van der Waals surface area (Å²) < 4.78 is 0. The summed E-state index contributed by atoms with van der Waals surface area (Å²) in [6.07, 6.45) is 23.2. The van der Waals surface area contributed by atoms with Gasteiger partial charge < -0.3 is 41.7 Å². The van der Waals surface area contributed by atoms with Gasteiger partial charge in [0.15, 0.2) is 0 Å². The average molecular weight is 677 g/mol. The molecular weight excluding hydrogens is 616 g/mol. The molecule has 8 N–H and O–H groups in total. The Morgan fingerprint density at radius 3 is 0.688 bits per heavy atom. The molecule has 0 aromatic carbocycles. The van der Waals surface area contributed by atoms with E-state index < -0.39 is 23.9 Å². The molecule has 8 fully saturated rings. The van der Waals surface area contributed by atoms with E-state index in [0.717, 1.165) is 25.7 Å². The highest BCUT2D eigenvalue weighted by atomic mass is 16.4. The average Bonchev–Trinajstić information content (AvgIpc) is 3.89. The maximum Gasteiger partial charge on any atom is 0.320 e. The lowest BCUT2D eigenvalue weighted by Crippen LogP contribution is -2.36. The SMILES string of the molecule is O=C(O)[C@@H]1C[C@@H]2CCCC[C@H]2N1.O=C(O)[C@@H]1C[C@H]2CCCC[C@@H]2N1.O=C(O)[C@H]1C[C@@H]2CCCC[C@H]2N1.O=C(O)[C@H]1C[C@H]2CCCC[C@@H]2N1. The normalized spacial score (nSPS) is 40.8. The Bertz CT molecular complexity index is 884. The number of carboxylic acid groups (broad SMARTS) is 4. The molecule has 4 aliphatic carbocycles. The van der Waals surface area contributed by atoms with Gasteiger partial charge >= 0.3 is 23.9 Å². The molecule has 8 rings (SSSR count). The summed E-state index contributed by atoms with van der Waals surface area (Å²) in [5, 5.41) is 48.0. The summed E-state index contributed by atoms with van der Waals surface area (Å²) in [7, 11) is 0. The van der Waals surface area contributed by atoms with Crippen LogP contribution in [0.25, 0.3) is 0 Å². The van der Waals surface area contributed by atoms with Gasteiger partial charge in [-0.2, -0.15) is 0 Å². The second kappa shape index (κ2) is 17.6. The highest BCUT2D eigenvalue weighted by Crippen LogP contribution is 2.35. The molecular formula is C36H60N4O8. The summed E-state index contributed by atoms with van der Waals surface area (Å²) in [6.45, 7) is 0. The Hall–Kier alpha value is -2.28. The molecule has 8 aliphatic rings. The first kappa shape index (κ1) is 37.0. The monoisotopic (exact) mass is 676 g/mol. The Morgan fingerprint density at radius 2 is 0.521 bits per heavy atom. The summed E-state index contributed by atoms with van der Waals surface area (Å²) in [6, 6.07) is 0.937. The van der Waals surface area contributed by atoms with Crippen LogP contribution in [0.4, 0.5) is 0 Å². The third-order valence-corrected chi connectivity index (χ3v) is 12.6. The third-order valence-electron chi connectivity index (χ3n) is 12.6. The van der Waals surface area contributed by atoms with Crippen LogP contribution in [0, 0.1) is 23.7 Å². The fourth-order valence-electron chi connectivity index (χ4n) is 10.0. The summed E-state index contributed by atoms with van der Waals surface area (Å²) >= 11 is 0. The molecule has 0 amide bonds. The van der Waals surface area contributed by atoms with Crippen molar-refractivity contribution < 1.29 is 39.6 Å². The van der Waals surface area contributed by atoms with Crippen molar-refractivity contribution in [3.05, 3.63) is 0 Å². The zero-order chi connectivity index (χ0) is 34.2. The van der Waals surface area contributed by atoms with Crippen LogP contribution in [-0.4, -0.2) is 92.6 Å². The minimum atomic E-state index is -0.676. The molecule has 4 saturated carbocycles. The predicted molar refractivity (Wildman–Crippen MR) is 180 cm³/mol. The van der Waals surface area contributed by atoms with Crippen molar-refractivity contribution in [1.29, 1.82) is 0 Å². The van der Waals surface area contributed by atoms with Crippen molar-refractivity contribution in [2.75, 3.05) is 0 Å². The molecule has 0 spiro atoms. The van der Waals surface area contributed by atoms with Gasteiger partial charge in [-0.15, -0.1) is 0 Å². The van der Waals surface area contributed by atoms with Gasteiger partial charge in [-0.3, -0.25) is 19.2 Å². The van der Waals surface area contributed by atoms with Gasteiger partial charge in [-0.25, -0.2) is 0 Å². The largest absolute Gasteiger partial charge is 0.480 e. The van der Waals surface area contributed by atoms with E-state index in [0.29, 0.717) is 47.8 Å². The lowest BCUT2D eigenvalue weighted by Gasteiger charge is -2.24. The fourth-order valence-corrected chi connectivity index (χ4v) is 10.0. The lowest BCUT2D eigenvalue weighted by molar-refractivity contribution is -0.140. The van der Waals surface area contributed by atoms with Crippen molar-refractivity contribution in [3.63, 3.8) is 0 Å². The summed E-state index contributed by atoms with van der Waals surface area (Å²) in [4.78, 5) is 42.7. The molecule has 4 aliphatic heterocycles. The molecule has 12 nitrogen and oxygen atoms in total. The van der Waals surface area contributed by atoms with Crippen LogP contribution in [0.15, 0.2) is 0 Å². The number of rotatable bonds is 4. The van der Waals surface area contributed by atoms with Gasteiger partial charge in [0.05, 0.1) is 0 Å². The topological polar surface area (TPSA) is 197 Å². The molecule has 0 aromatic heterocycles. The number of fused-ring (bicyclic) bond motifs is 4.